The molecule has 0 aromatic rings. The molecular formula is C14H26N2. The van der Waals surface area contributed by atoms with Crippen LogP contribution in [0, 0.1) is 11.8 Å². The Bertz CT molecular complexity index is 227. The van der Waals surface area contributed by atoms with Crippen molar-refractivity contribution >= 4 is 6.21 Å². The second-order valence-corrected chi connectivity index (χ2v) is 5.94. The van der Waals surface area contributed by atoms with Gasteiger partial charge in [0.1, 0.15) is 0 Å². The molecule has 3 atom stereocenters. The Labute approximate surface area is 99.9 Å². The van der Waals surface area contributed by atoms with E-state index >= 15 is 0 Å². The van der Waals surface area contributed by atoms with Crippen molar-refractivity contribution in [1.29, 1.82) is 0 Å². The summed E-state index contributed by atoms with van der Waals surface area (Å²) in [7, 11) is 0. The second-order valence-electron chi connectivity index (χ2n) is 5.94. The maximum atomic E-state index is 4.56. The third-order valence-electron chi connectivity index (χ3n) is 4.01. The summed E-state index contributed by atoms with van der Waals surface area (Å²) in [6, 6.07) is 1.30. The Morgan fingerprint density at radius 3 is 2.56 bits per heavy atom. The van der Waals surface area contributed by atoms with Crippen molar-refractivity contribution < 1.29 is 0 Å². The third-order valence-corrected chi connectivity index (χ3v) is 4.01. The summed E-state index contributed by atoms with van der Waals surface area (Å²) < 4.78 is 0. The molecule has 0 bridgehead atoms. The molecule has 1 N–H and O–H groups in total. The van der Waals surface area contributed by atoms with Gasteiger partial charge in [-0.2, -0.15) is 0 Å². The fourth-order valence-corrected chi connectivity index (χ4v) is 3.31. The average molecular weight is 222 g/mol. The maximum Gasteiger partial charge on any atom is 0.0620 e. The summed E-state index contributed by atoms with van der Waals surface area (Å²) in [5.41, 5.74) is 0. The van der Waals surface area contributed by atoms with Crippen molar-refractivity contribution in [3.63, 3.8) is 0 Å². The maximum absolute atomic E-state index is 4.56. The zero-order valence-electron chi connectivity index (χ0n) is 10.8. The molecule has 92 valence electrons. The summed E-state index contributed by atoms with van der Waals surface area (Å²) in [5.74, 6) is 1.80. The van der Waals surface area contributed by atoms with Crippen molar-refractivity contribution in [1.82, 2.24) is 5.32 Å². The van der Waals surface area contributed by atoms with E-state index in [1.807, 2.05) is 0 Å². The van der Waals surface area contributed by atoms with E-state index < -0.39 is 0 Å². The summed E-state index contributed by atoms with van der Waals surface area (Å²) in [6.45, 7) is 5.88. The summed E-state index contributed by atoms with van der Waals surface area (Å²) in [6.07, 6.45) is 10.0. The number of nitrogens with zero attached hydrogens (tertiary/aromatic N) is 1. The lowest BCUT2D eigenvalue weighted by Crippen LogP contribution is -2.40. The Kier molecular flexibility index (Phi) is 4.39. The average Bonchev–Trinajstić information content (AvgIpc) is 2.27. The van der Waals surface area contributed by atoms with Crippen LogP contribution in [0.5, 0.6) is 0 Å². The molecule has 1 fully saturated rings. The van der Waals surface area contributed by atoms with Crippen LogP contribution in [-0.2, 0) is 0 Å². The van der Waals surface area contributed by atoms with Gasteiger partial charge < -0.3 is 5.32 Å². The summed E-state index contributed by atoms with van der Waals surface area (Å²) >= 11 is 0. The van der Waals surface area contributed by atoms with E-state index in [0.717, 1.165) is 24.4 Å². The summed E-state index contributed by atoms with van der Waals surface area (Å²) in [5, 5.41) is 3.74. The van der Waals surface area contributed by atoms with Crippen LogP contribution in [0.2, 0.25) is 0 Å². The second kappa shape index (κ2) is 5.81. The molecule has 0 spiro atoms. The van der Waals surface area contributed by atoms with E-state index in [0.29, 0.717) is 6.04 Å². The molecule has 1 heterocycles. The van der Waals surface area contributed by atoms with Crippen molar-refractivity contribution in [2.45, 2.75) is 64.5 Å². The van der Waals surface area contributed by atoms with Gasteiger partial charge in [0.05, 0.1) is 6.04 Å². The molecule has 0 aromatic heterocycles. The monoisotopic (exact) mass is 222 g/mol. The molecule has 0 aromatic carbocycles. The fraction of sp³-hybridized carbons (Fsp3) is 0.929. The normalized spacial score (nSPS) is 39.9. The van der Waals surface area contributed by atoms with Gasteiger partial charge in [-0.05, 0) is 56.6 Å². The Hall–Kier alpha value is -0.370. The number of rotatable bonds is 3. The van der Waals surface area contributed by atoms with Crippen LogP contribution >= 0.6 is 0 Å². The molecule has 0 radical (unpaired) electrons. The molecule has 0 saturated heterocycles. The molecule has 3 unspecified atom stereocenters. The number of aliphatic imine (C=N–C) groups is 1. The lowest BCUT2D eigenvalue weighted by molar-refractivity contribution is 0.236. The lowest BCUT2D eigenvalue weighted by atomic mass is 9.80. The van der Waals surface area contributed by atoms with E-state index in [-0.39, 0.29) is 0 Å². The van der Waals surface area contributed by atoms with Crippen LogP contribution < -0.4 is 5.32 Å². The molecule has 2 heteroatoms. The minimum absolute atomic E-state index is 0.557. The number of hydrogen-bond acceptors (Lipinski definition) is 2. The van der Waals surface area contributed by atoms with Crippen molar-refractivity contribution in [3.8, 4) is 0 Å². The molecule has 1 aliphatic carbocycles. The largest absolute Gasteiger partial charge is 0.312 e. The lowest BCUT2D eigenvalue weighted by Gasteiger charge is -2.33. The van der Waals surface area contributed by atoms with Gasteiger partial charge in [-0.15, -0.1) is 0 Å². The van der Waals surface area contributed by atoms with Crippen LogP contribution in [0.15, 0.2) is 4.99 Å². The SMILES string of the molecule is CC1CC(C)CC(NCC2CCCC=N2)C1. The highest BCUT2D eigenvalue weighted by Crippen LogP contribution is 2.28. The topological polar surface area (TPSA) is 24.4 Å². The number of hydrogen-bond donors (Lipinski definition) is 1. The minimum atomic E-state index is 0.557. The first-order valence-electron chi connectivity index (χ1n) is 6.99. The molecule has 2 aliphatic rings. The van der Waals surface area contributed by atoms with Gasteiger partial charge in [0, 0.05) is 12.6 Å². The zero-order valence-corrected chi connectivity index (χ0v) is 10.8. The van der Waals surface area contributed by atoms with E-state index in [2.05, 4.69) is 30.4 Å². The first-order chi connectivity index (χ1) is 7.74. The molecule has 16 heavy (non-hydrogen) atoms. The van der Waals surface area contributed by atoms with Crippen molar-refractivity contribution in [3.05, 3.63) is 0 Å². The molecular weight excluding hydrogens is 196 g/mol. The van der Waals surface area contributed by atoms with Gasteiger partial charge in [0.25, 0.3) is 0 Å². The first kappa shape index (κ1) is 12.1. The van der Waals surface area contributed by atoms with Gasteiger partial charge in [0.2, 0.25) is 0 Å². The highest BCUT2D eigenvalue weighted by Gasteiger charge is 2.24. The van der Waals surface area contributed by atoms with Gasteiger partial charge in [-0.1, -0.05) is 13.8 Å². The standard InChI is InChI=1S/C14H26N2/c1-11-7-12(2)9-14(8-11)16-10-13-5-3-4-6-15-13/h6,11-14,16H,3-5,7-10H2,1-2H3. The van der Waals surface area contributed by atoms with Gasteiger partial charge in [0.15, 0.2) is 0 Å². The summed E-state index contributed by atoms with van der Waals surface area (Å²) in [4.78, 5) is 4.56. The van der Waals surface area contributed by atoms with E-state index in [1.165, 1.54) is 38.5 Å². The van der Waals surface area contributed by atoms with Crippen LogP contribution in [-0.4, -0.2) is 24.8 Å². The Balaban J connectivity index is 1.72. The van der Waals surface area contributed by atoms with E-state index in [1.54, 1.807) is 0 Å². The quantitative estimate of drug-likeness (QED) is 0.780. The van der Waals surface area contributed by atoms with Crippen molar-refractivity contribution in [2.75, 3.05) is 6.54 Å². The highest BCUT2D eigenvalue weighted by atomic mass is 15.0. The van der Waals surface area contributed by atoms with Crippen LogP contribution in [0.25, 0.3) is 0 Å². The van der Waals surface area contributed by atoms with Gasteiger partial charge in [-0.25, -0.2) is 0 Å². The van der Waals surface area contributed by atoms with Crippen molar-refractivity contribution in [2.24, 2.45) is 16.8 Å². The predicted octanol–water partition coefficient (Wildman–Crippen LogP) is 3.02. The molecule has 0 amide bonds. The van der Waals surface area contributed by atoms with E-state index in [9.17, 15) is 0 Å². The molecule has 2 nitrogen and oxygen atoms in total. The Morgan fingerprint density at radius 1 is 1.19 bits per heavy atom. The molecule has 1 aliphatic heterocycles. The Morgan fingerprint density at radius 2 is 1.94 bits per heavy atom. The fourth-order valence-electron chi connectivity index (χ4n) is 3.31. The smallest absolute Gasteiger partial charge is 0.0620 e. The minimum Gasteiger partial charge on any atom is -0.312 e. The third kappa shape index (κ3) is 3.58. The van der Waals surface area contributed by atoms with Gasteiger partial charge in [-0.3, -0.25) is 4.99 Å². The van der Waals surface area contributed by atoms with E-state index in [4.69, 9.17) is 0 Å². The highest BCUT2D eigenvalue weighted by molar-refractivity contribution is 5.58. The van der Waals surface area contributed by atoms with Crippen LogP contribution in [0.4, 0.5) is 0 Å². The first-order valence-corrected chi connectivity index (χ1v) is 6.99. The zero-order chi connectivity index (χ0) is 11.4. The van der Waals surface area contributed by atoms with Crippen LogP contribution in [0.3, 0.4) is 0 Å². The molecule has 2 rings (SSSR count). The van der Waals surface area contributed by atoms with Crippen LogP contribution in [0.1, 0.15) is 52.4 Å². The predicted molar refractivity (Wildman–Crippen MR) is 70.1 cm³/mol. The number of nitrogens with one attached hydrogen (secondary N) is 1. The van der Waals surface area contributed by atoms with Gasteiger partial charge >= 0.3 is 0 Å². The molecule has 1 saturated carbocycles.